The van der Waals surface area contributed by atoms with Gasteiger partial charge in [-0.15, -0.1) is 0 Å². The Bertz CT molecular complexity index is 399. The SMILES string of the molecule is C.C=C(C)C(C)(C)C.C=C(N(C)C)C(C)(C)C.COC(=O)C(C)(C)C. The molecule has 0 atom stereocenters. The second-order valence-corrected chi connectivity index (χ2v) is 9.36. The monoisotopic (exact) mass is 357 g/mol. The van der Waals surface area contributed by atoms with Crippen LogP contribution in [0.3, 0.4) is 0 Å². The lowest BCUT2D eigenvalue weighted by Crippen LogP contribution is -2.22. The van der Waals surface area contributed by atoms with Crippen LogP contribution in [0, 0.1) is 16.2 Å². The fourth-order valence-electron chi connectivity index (χ4n) is 0.977. The lowest BCUT2D eigenvalue weighted by Gasteiger charge is -2.27. The van der Waals surface area contributed by atoms with E-state index in [2.05, 4.69) is 71.3 Å². The zero-order valence-electron chi connectivity index (χ0n) is 18.7. The van der Waals surface area contributed by atoms with Gasteiger partial charge in [0.1, 0.15) is 0 Å². The lowest BCUT2D eigenvalue weighted by atomic mass is 9.89. The van der Waals surface area contributed by atoms with Crippen molar-refractivity contribution in [2.75, 3.05) is 21.2 Å². The van der Waals surface area contributed by atoms with Crippen LogP contribution in [0.4, 0.5) is 0 Å². The highest BCUT2D eigenvalue weighted by molar-refractivity contribution is 5.75. The Morgan fingerprint density at radius 1 is 0.800 bits per heavy atom. The van der Waals surface area contributed by atoms with Gasteiger partial charge in [0, 0.05) is 25.2 Å². The Labute approximate surface area is 159 Å². The predicted octanol–water partition coefficient (Wildman–Crippen LogP) is 6.56. The van der Waals surface area contributed by atoms with Crippen LogP contribution in [0.15, 0.2) is 24.4 Å². The van der Waals surface area contributed by atoms with Gasteiger partial charge in [0.05, 0.1) is 12.5 Å². The number of methoxy groups -OCH3 is 1. The average molecular weight is 358 g/mol. The maximum atomic E-state index is 10.6. The normalized spacial score (nSPS) is 10.8. The van der Waals surface area contributed by atoms with Gasteiger partial charge >= 0.3 is 5.97 Å². The quantitative estimate of drug-likeness (QED) is 0.393. The van der Waals surface area contributed by atoms with E-state index in [4.69, 9.17) is 0 Å². The molecular weight excluding hydrogens is 310 g/mol. The molecule has 0 bridgehead atoms. The van der Waals surface area contributed by atoms with Crippen molar-refractivity contribution in [2.45, 2.75) is 76.7 Å². The smallest absolute Gasteiger partial charge is 0.310 e. The number of nitrogens with zero attached hydrogens (tertiary/aromatic N) is 1. The van der Waals surface area contributed by atoms with E-state index in [0.717, 1.165) is 0 Å². The third kappa shape index (κ3) is 18.9. The maximum Gasteiger partial charge on any atom is 0.310 e. The van der Waals surface area contributed by atoms with Crippen LogP contribution < -0.4 is 0 Å². The number of esters is 1. The first kappa shape index (κ1) is 31.5. The van der Waals surface area contributed by atoms with Crippen molar-refractivity contribution in [1.82, 2.24) is 4.90 Å². The molecule has 0 aromatic carbocycles. The Morgan fingerprint density at radius 2 is 1.08 bits per heavy atom. The van der Waals surface area contributed by atoms with E-state index in [1.807, 2.05) is 34.9 Å². The van der Waals surface area contributed by atoms with Crippen LogP contribution in [0.2, 0.25) is 0 Å². The van der Waals surface area contributed by atoms with Crippen LogP contribution in [-0.4, -0.2) is 32.1 Å². The third-order valence-electron chi connectivity index (χ3n) is 3.48. The van der Waals surface area contributed by atoms with Crippen LogP contribution in [-0.2, 0) is 9.53 Å². The van der Waals surface area contributed by atoms with E-state index in [1.54, 1.807) is 0 Å². The minimum absolute atomic E-state index is 0. The largest absolute Gasteiger partial charge is 0.469 e. The summed E-state index contributed by atoms with van der Waals surface area (Å²) < 4.78 is 4.48. The van der Waals surface area contributed by atoms with Crippen LogP contribution in [0.1, 0.15) is 76.7 Å². The number of carbonyl (C=O) groups is 1. The van der Waals surface area contributed by atoms with Crippen molar-refractivity contribution in [3.05, 3.63) is 24.4 Å². The summed E-state index contributed by atoms with van der Waals surface area (Å²) in [5, 5.41) is 0. The molecule has 0 unspecified atom stereocenters. The van der Waals surface area contributed by atoms with Gasteiger partial charge in [-0.25, -0.2) is 0 Å². The van der Waals surface area contributed by atoms with Gasteiger partial charge in [-0.2, -0.15) is 0 Å². The van der Waals surface area contributed by atoms with Crippen molar-refractivity contribution in [3.63, 3.8) is 0 Å². The van der Waals surface area contributed by atoms with Gasteiger partial charge < -0.3 is 9.64 Å². The molecular formula is C22H47NO2. The molecule has 0 saturated carbocycles. The molecule has 0 aliphatic rings. The minimum Gasteiger partial charge on any atom is -0.469 e. The molecule has 0 amide bonds. The number of carbonyl (C=O) groups excluding carboxylic acids is 1. The summed E-state index contributed by atoms with van der Waals surface area (Å²) in [7, 11) is 5.44. The third-order valence-corrected chi connectivity index (χ3v) is 3.48. The molecule has 3 heteroatoms. The molecule has 25 heavy (non-hydrogen) atoms. The molecule has 152 valence electrons. The summed E-state index contributed by atoms with van der Waals surface area (Å²) in [6, 6.07) is 0. The Balaban J connectivity index is -0.000000131. The number of rotatable bonds is 1. The molecule has 0 spiro atoms. The molecule has 0 N–H and O–H groups in total. The fraction of sp³-hybridized carbons (Fsp3) is 0.773. The molecule has 0 rings (SSSR count). The molecule has 0 saturated heterocycles. The van der Waals surface area contributed by atoms with Gasteiger partial charge in [-0.05, 0) is 33.1 Å². The Kier molecular flexibility index (Phi) is 15.3. The zero-order valence-corrected chi connectivity index (χ0v) is 18.7. The number of ether oxygens (including phenoxy) is 1. The van der Waals surface area contributed by atoms with Crippen molar-refractivity contribution >= 4 is 5.97 Å². The molecule has 0 aromatic rings. The van der Waals surface area contributed by atoms with Crippen molar-refractivity contribution in [3.8, 4) is 0 Å². The van der Waals surface area contributed by atoms with E-state index in [9.17, 15) is 4.79 Å². The van der Waals surface area contributed by atoms with E-state index < -0.39 is 0 Å². The molecule has 3 nitrogen and oxygen atoms in total. The summed E-state index contributed by atoms with van der Waals surface area (Å²) in [5.74, 6) is -0.169. The van der Waals surface area contributed by atoms with E-state index in [-0.39, 0.29) is 24.2 Å². The maximum absolute atomic E-state index is 10.6. The first-order chi connectivity index (χ1) is 10.3. The van der Waals surface area contributed by atoms with E-state index >= 15 is 0 Å². The molecule has 0 fully saturated rings. The van der Waals surface area contributed by atoms with Gasteiger partial charge in [0.15, 0.2) is 0 Å². The Hall–Kier alpha value is -1.25. The zero-order chi connectivity index (χ0) is 20.5. The highest BCUT2D eigenvalue weighted by atomic mass is 16.5. The molecule has 0 heterocycles. The van der Waals surface area contributed by atoms with Crippen LogP contribution >= 0.6 is 0 Å². The van der Waals surface area contributed by atoms with Crippen LogP contribution in [0.25, 0.3) is 0 Å². The second-order valence-electron chi connectivity index (χ2n) is 9.36. The van der Waals surface area contributed by atoms with Gasteiger partial charge in [0.25, 0.3) is 0 Å². The van der Waals surface area contributed by atoms with Crippen molar-refractivity contribution < 1.29 is 9.53 Å². The first-order valence-corrected chi connectivity index (χ1v) is 8.39. The number of hydrogen-bond acceptors (Lipinski definition) is 3. The van der Waals surface area contributed by atoms with E-state index in [0.29, 0.717) is 5.41 Å². The first-order valence-electron chi connectivity index (χ1n) is 8.39. The summed E-state index contributed by atoms with van der Waals surface area (Å²) in [4.78, 5) is 12.7. The van der Waals surface area contributed by atoms with Crippen LogP contribution in [0.5, 0.6) is 0 Å². The number of hydrogen-bond donors (Lipinski definition) is 0. The standard InChI is InChI=1S/C8H17N.C7H14.C6H12O2.CH4/c1-7(9(5)6)8(2,3)4;1-6(2)7(3,4)5;1-6(2,3)5(7)8-4;/h1H2,2-6H3;1H2,2-5H3;1-4H3;1H4. The lowest BCUT2D eigenvalue weighted by molar-refractivity contribution is -0.149. The van der Waals surface area contributed by atoms with Gasteiger partial charge in [-0.1, -0.05) is 67.7 Å². The summed E-state index contributed by atoms with van der Waals surface area (Å²) in [5.41, 5.74) is 2.58. The number of allylic oxidation sites excluding steroid dienone is 2. The minimum atomic E-state index is -0.352. The average Bonchev–Trinajstić information content (AvgIpc) is 2.34. The van der Waals surface area contributed by atoms with Crippen molar-refractivity contribution in [2.24, 2.45) is 16.2 Å². The molecule has 0 aromatic heterocycles. The Morgan fingerprint density at radius 3 is 1.08 bits per heavy atom. The summed E-state index contributed by atoms with van der Waals surface area (Å²) in [6.07, 6.45) is 0. The summed E-state index contributed by atoms with van der Waals surface area (Å²) >= 11 is 0. The predicted molar refractivity (Wildman–Crippen MR) is 115 cm³/mol. The van der Waals surface area contributed by atoms with Crippen molar-refractivity contribution in [1.29, 1.82) is 0 Å². The second kappa shape index (κ2) is 12.2. The molecule has 0 radical (unpaired) electrons. The van der Waals surface area contributed by atoms with Gasteiger partial charge in [0.2, 0.25) is 0 Å². The highest BCUT2D eigenvalue weighted by Gasteiger charge is 2.21. The topological polar surface area (TPSA) is 29.5 Å². The summed E-state index contributed by atoms with van der Waals surface area (Å²) in [6.45, 7) is 28.3. The molecule has 0 aliphatic heterocycles. The van der Waals surface area contributed by atoms with Gasteiger partial charge in [-0.3, -0.25) is 4.79 Å². The molecule has 0 aliphatic carbocycles. The highest BCUT2D eigenvalue weighted by Crippen LogP contribution is 2.24. The van der Waals surface area contributed by atoms with E-state index in [1.165, 1.54) is 18.4 Å². The fourth-order valence-corrected chi connectivity index (χ4v) is 0.977.